The van der Waals surface area contributed by atoms with Crippen molar-refractivity contribution in [1.29, 1.82) is 0 Å². The number of aliphatic imine (C=N–C) groups is 1. The summed E-state index contributed by atoms with van der Waals surface area (Å²) in [5, 5.41) is 7.68. The average molecular weight is 433 g/mol. The van der Waals surface area contributed by atoms with Gasteiger partial charge in [0.2, 0.25) is 6.79 Å². The number of hydrogen-bond donors (Lipinski definition) is 3. The number of rotatable bonds is 7. The van der Waals surface area contributed by atoms with Gasteiger partial charge in [-0.25, -0.2) is 9.98 Å². The Balaban J connectivity index is 0.00000124. The summed E-state index contributed by atoms with van der Waals surface area (Å²) in [5.41, 5.74) is 7.95. The van der Waals surface area contributed by atoms with Gasteiger partial charge in [-0.15, -0.1) is 0 Å². The average Bonchev–Trinajstić information content (AvgIpc) is 3.32. The van der Waals surface area contributed by atoms with E-state index in [2.05, 4.69) is 41.0 Å². The normalized spacial score (nSPS) is 14.0. The van der Waals surface area contributed by atoms with Crippen molar-refractivity contribution in [3.8, 4) is 11.5 Å². The number of imidazole rings is 1. The lowest BCUT2D eigenvalue weighted by Gasteiger charge is -2.16. The maximum absolute atomic E-state index is 6.10. The third-order valence-corrected chi connectivity index (χ3v) is 5.81. The van der Waals surface area contributed by atoms with Crippen molar-refractivity contribution < 1.29 is 9.47 Å². The number of nitrogens with one attached hydrogen (secondary N) is 2. The molecule has 0 radical (unpaired) electrons. The van der Waals surface area contributed by atoms with E-state index in [0.717, 1.165) is 58.1 Å². The molecule has 0 aliphatic carbocycles. The molecule has 2 aromatic rings. The molecule has 0 bridgehead atoms. The van der Waals surface area contributed by atoms with Crippen LogP contribution >= 0.6 is 11.8 Å². The smallest absolute Gasteiger partial charge is 0.231 e. The van der Waals surface area contributed by atoms with Crippen LogP contribution in [0.2, 0.25) is 0 Å². The van der Waals surface area contributed by atoms with Crippen LogP contribution in [-0.4, -0.2) is 41.4 Å². The molecule has 0 atom stereocenters. The zero-order valence-electron chi connectivity index (χ0n) is 18.4. The molecule has 1 aromatic heterocycles. The second-order valence-electron chi connectivity index (χ2n) is 7.16. The zero-order valence-corrected chi connectivity index (χ0v) is 19.2. The predicted octanol–water partition coefficient (Wildman–Crippen LogP) is 3.57. The van der Waals surface area contributed by atoms with E-state index < -0.39 is 0 Å². The molecule has 0 spiro atoms. The fraction of sp³-hybridized carbons (Fsp3) is 0.524. The van der Waals surface area contributed by atoms with E-state index in [4.69, 9.17) is 20.2 Å². The lowest BCUT2D eigenvalue weighted by atomic mass is 10.2. The molecular formula is C21H32N6O2S. The second-order valence-corrected chi connectivity index (χ2v) is 8.17. The number of ether oxygens (including phenoxy) is 2. The third-order valence-electron chi connectivity index (χ3n) is 4.65. The largest absolute Gasteiger partial charge is 0.454 e. The van der Waals surface area contributed by atoms with Crippen LogP contribution in [0.5, 0.6) is 11.5 Å². The number of nitrogens with zero attached hydrogens (tertiary/aromatic N) is 3. The first-order valence-corrected chi connectivity index (χ1v) is 11.3. The summed E-state index contributed by atoms with van der Waals surface area (Å²) in [6.45, 7) is 12.9. The van der Waals surface area contributed by atoms with Gasteiger partial charge < -0.3 is 30.4 Å². The maximum atomic E-state index is 6.10. The summed E-state index contributed by atoms with van der Waals surface area (Å²) >= 11 is 1.61. The fourth-order valence-corrected chi connectivity index (χ4v) is 4.22. The highest BCUT2D eigenvalue weighted by Gasteiger charge is 2.24. The Bertz CT molecular complexity index is 909. The summed E-state index contributed by atoms with van der Waals surface area (Å²) in [4.78, 5) is 10.1. The number of fused-ring (bicyclic) bond motifs is 2. The summed E-state index contributed by atoms with van der Waals surface area (Å²) in [6.07, 6.45) is 0.993. The minimum atomic E-state index is 0.269. The molecule has 1 aromatic carbocycles. The molecule has 0 amide bonds. The van der Waals surface area contributed by atoms with E-state index in [-0.39, 0.29) is 6.79 Å². The topological polar surface area (TPSA) is 98.7 Å². The van der Waals surface area contributed by atoms with E-state index >= 15 is 0 Å². The number of aromatic nitrogens is 2. The molecule has 8 nitrogen and oxygen atoms in total. The Hall–Kier alpha value is -2.39. The molecule has 0 saturated carbocycles. The first-order valence-electron chi connectivity index (χ1n) is 10.5. The maximum Gasteiger partial charge on any atom is 0.231 e. The molecule has 0 unspecified atom stereocenters. The minimum Gasteiger partial charge on any atom is -0.454 e. The summed E-state index contributed by atoms with van der Waals surface area (Å²) in [6, 6.07) is 4.51. The van der Waals surface area contributed by atoms with Crippen LogP contribution < -0.4 is 25.8 Å². The van der Waals surface area contributed by atoms with Crippen molar-refractivity contribution in [3.05, 3.63) is 23.4 Å². The van der Waals surface area contributed by atoms with Crippen molar-refractivity contribution >= 4 is 23.4 Å². The Morgan fingerprint density at radius 1 is 1.27 bits per heavy atom. The number of aryl methyl sites for hydroxylation is 1. The molecule has 164 valence electrons. The van der Waals surface area contributed by atoms with E-state index in [0.29, 0.717) is 18.5 Å². The number of amidine groups is 1. The van der Waals surface area contributed by atoms with Crippen molar-refractivity contribution in [2.75, 3.05) is 25.3 Å². The Morgan fingerprint density at radius 2 is 2.00 bits per heavy atom. The van der Waals surface area contributed by atoms with Gasteiger partial charge in [-0.1, -0.05) is 39.5 Å². The molecule has 30 heavy (non-hydrogen) atoms. The molecule has 4 N–H and O–H groups in total. The lowest BCUT2D eigenvalue weighted by Crippen LogP contribution is -2.25. The van der Waals surface area contributed by atoms with E-state index in [1.165, 1.54) is 0 Å². The lowest BCUT2D eigenvalue weighted by molar-refractivity contribution is 0.174. The van der Waals surface area contributed by atoms with E-state index in [1.807, 2.05) is 26.0 Å². The van der Waals surface area contributed by atoms with E-state index in [9.17, 15) is 0 Å². The van der Waals surface area contributed by atoms with Gasteiger partial charge >= 0.3 is 0 Å². The number of nitrogens with two attached hydrogens (primary N) is 1. The van der Waals surface area contributed by atoms with Gasteiger partial charge in [-0.2, -0.15) is 0 Å². The first-order chi connectivity index (χ1) is 14.5. The highest BCUT2D eigenvalue weighted by atomic mass is 32.2. The summed E-state index contributed by atoms with van der Waals surface area (Å²) in [7, 11) is 0. The Morgan fingerprint density at radius 3 is 2.73 bits per heavy atom. The van der Waals surface area contributed by atoms with Crippen LogP contribution in [-0.2, 0) is 6.54 Å². The number of benzene rings is 1. The Labute approximate surface area is 182 Å². The highest BCUT2D eigenvalue weighted by molar-refractivity contribution is 7.99. The fourth-order valence-electron chi connectivity index (χ4n) is 3.21. The van der Waals surface area contributed by atoms with Gasteiger partial charge in [-0.05, 0) is 37.6 Å². The first kappa shape index (κ1) is 22.3. The Kier molecular flexibility index (Phi) is 7.49. The molecule has 2 aliphatic rings. The standard InChI is InChI=1S/C19H26N6O2S.C2H6/c1-11(2)21-5-4-6-25-18-16(17(20)22-9-23-18)24-19(25)28-15-8-14-13(7-12(15)3)26-10-27-14;1-2/h7-8,11,21,23H,4-6,9-10H2,1-3H3,(H2,20,22);1-2H3. The van der Waals surface area contributed by atoms with Gasteiger partial charge in [0.05, 0.1) is 0 Å². The minimum absolute atomic E-state index is 0.269. The number of anilines is 1. The van der Waals surface area contributed by atoms with Gasteiger partial charge in [0.15, 0.2) is 16.7 Å². The van der Waals surface area contributed by atoms with Crippen molar-refractivity contribution in [1.82, 2.24) is 14.9 Å². The van der Waals surface area contributed by atoms with Crippen molar-refractivity contribution in [2.45, 2.75) is 63.7 Å². The third kappa shape index (κ3) is 4.84. The molecule has 4 rings (SSSR count). The van der Waals surface area contributed by atoms with Crippen molar-refractivity contribution in [3.63, 3.8) is 0 Å². The van der Waals surface area contributed by atoms with E-state index in [1.54, 1.807) is 11.8 Å². The van der Waals surface area contributed by atoms with Crippen LogP contribution in [0.1, 0.15) is 45.4 Å². The number of hydrogen-bond acceptors (Lipinski definition) is 8. The molecular weight excluding hydrogens is 400 g/mol. The van der Waals surface area contributed by atoms with Crippen molar-refractivity contribution in [2.24, 2.45) is 10.7 Å². The monoisotopic (exact) mass is 432 g/mol. The molecule has 0 saturated heterocycles. The SMILES string of the molecule is CC.Cc1cc2c(cc1Sc1nc3c(n1CCCNC(C)C)NCN=C3N)OCO2. The van der Waals surface area contributed by atoms with Gasteiger partial charge in [0.1, 0.15) is 24.0 Å². The van der Waals surface area contributed by atoms with Crippen LogP contribution in [0.15, 0.2) is 27.2 Å². The van der Waals surface area contributed by atoms with Crippen LogP contribution in [0.25, 0.3) is 0 Å². The molecule has 0 fully saturated rings. The second kappa shape index (κ2) is 10.1. The van der Waals surface area contributed by atoms with Crippen LogP contribution in [0.3, 0.4) is 0 Å². The highest BCUT2D eigenvalue weighted by Crippen LogP contribution is 2.41. The van der Waals surface area contributed by atoms with Crippen LogP contribution in [0.4, 0.5) is 5.82 Å². The molecule has 9 heteroatoms. The molecule has 2 aliphatic heterocycles. The van der Waals surface area contributed by atoms with Gasteiger partial charge in [0, 0.05) is 17.5 Å². The quantitative estimate of drug-likeness (QED) is 0.575. The van der Waals surface area contributed by atoms with Crippen LogP contribution in [0, 0.1) is 6.92 Å². The van der Waals surface area contributed by atoms with Gasteiger partial charge in [0.25, 0.3) is 0 Å². The van der Waals surface area contributed by atoms with Gasteiger partial charge in [-0.3, -0.25) is 0 Å². The summed E-state index contributed by atoms with van der Waals surface area (Å²) in [5.74, 6) is 2.99. The molecule has 3 heterocycles. The summed E-state index contributed by atoms with van der Waals surface area (Å²) < 4.78 is 13.2. The predicted molar refractivity (Wildman–Crippen MR) is 122 cm³/mol. The zero-order chi connectivity index (χ0) is 21.7.